The number of halogens is 2. The van der Waals surface area contributed by atoms with Crippen molar-refractivity contribution in [2.75, 3.05) is 26.4 Å². The molecule has 1 N–H and O–H groups in total. The number of sulfone groups is 1. The van der Waals surface area contributed by atoms with Gasteiger partial charge in [-0.15, -0.1) is 24.0 Å². The molecule has 0 atom stereocenters. The summed E-state index contributed by atoms with van der Waals surface area (Å²) in [5.41, 5.74) is 1.94. The average Bonchev–Trinajstić information content (AvgIpc) is 2.64. The minimum atomic E-state index is -3.12. The Morgan fingerprint density at radius 2 is 1.71 bits per heavy atom. The van der Waals surface area contributed by atoms with Crippen LogP contribution in [0.3, 0.4) is 0 Å². The minimum absolute atomic E-state index is 0. The Bertz CT molecular complexity index is 844. The smallest absolute Gasteiger partial charge is 0.193 e. The largest absolute Gasteiger partial charge is 0.356 e. The molecular formula is C20H27ClIN3O2S. The molecule has 0 aliphatic rings. The van der Waals surface area contributed by atoms with E-state index in [0.29, 0.717) is 24.5 Å². The normalized spacial score (nSPS) is 11.6. The summed E-state index contributed by atoms with van der Waals surface area (Å²) in [4.78, 5) is 6.25. The molecule has 0 spiro atoms. The van der Waals surface area contributed by atoms with Gasteiger partial charge in [-0.3, -0.25) is 4.99 Å². The van der Waals surface area contributed by atoms with Gasteiger partial charge in [0.2, 0.25) is 0 Å². The van der Waals surface area contributed by atoms with Crippen LogP contribution in [0.25, 0.3) is 0 Å². The standard InChI is InChI=1S/C20H26ClN3O2S.HI/c1-22-20(24(2)15-17-9-11-19(21)12-10-17)23-13-6-14-27(25,26)16-18-7-4-3-5-8-18;/h3-5,7-12H,6,13-16H2,1-2H3,(H,22,23);1H. The minimum Gasteiger partial charge on any atom is -0.356 e. The van der Waals surface area contributed by atoms with E-state index in [2.05, 4.69) is 10.3 Å². The fourth-order valence-electron chi connectivity index (χ4n) is 2.72. The van der Waals surface area contributed by atoms with Gasteiger partial charge in [0.1, 0.15) is 0 Å². The number of guanidine groups is 1. The third-order valence-corrected chi connectivity index (χ3v) is 5.99. The van der Waals surface area contributed by atoms with Crippen molar-refractivity contribution >= 4 is 51.4 Å². The van der Waals surface area contributed by atoms with E-state index in [0.717, 1.165) is 17.1 Å². The second kappa shape index (κ2) is 12.3. The van der Waals surface area contributed by atoms with Crippen LogP contribution in [-0.4, -0.2) is 45.7 Å². The van der Waals surface area contributed by atoms with Gasteiger partial charge in [0.15, 0.2) is 15.8 Å². The van der Waals surface area contributed by atoms with Crippen molar-refractivity contribution in [2.24, 2.45) is 4.99 Å². The summed E-state index contributed by atoms with van der Waals surface area (Å²) in [7, 11) is 0.538. The molecule has 0 saturated heterocycles. The zero-order chi connectivity index (χ0) is 19.7. The highest BCUT2D eigenvalue weighted by molar-refractivity contribution is 14.0. The number of hydrogen-bond acceptors (Lipinski definition) is 3. The topological polar surface area (TPSA) is 61.8 Å². The first-order valence-electron chi connectivity index (χ1n) is 8.80. The zero-order valence-electron chi connectivity index (χ0n) is 16.1. The Hall–Kier alpha value is -1.32. The molecule has 154 valence electrons. The van der Waals surface area contributed by atoms with E-state index >= 15 is 0 Å². The molecule has 2 aromatic carbocycles. The summed E-state index contributed by atoms with van der Waals surface area (Å²) in [5, 5.41) is 3.93. The lowest BCUT2D eigenvalue weighted by molar-refractivity contribution is 0.476. The Labute approximate surface area is 190 Å². The highest BCUT2D eigenvalue weighted by atomic mass is 127. The predicted molar refractivity (Wildman–Crippen MR) is 128 cm³/mol. The first kappa shape index (κ1) is 24.7. The maximum Gasteiger partial charge on any atom is 0.193 e. The second-order valence-corrected chi connectivity index (χ2v) is 9.01. The van der Waals surface area contributed by atoms with Crippen LogP contribution >= 0.6 is 35.6 Å². The highest BCUT2D eigenvalue weighted by Gasteiger charge is 2.12. The van der Waals surface area contributed by atoms with Crippen molar-refractivity contribution in [3.63, 3.8) is 0 Å². The fraction of sp³-hybridized carbons (Fsp3) is 0.350. The Morgan fingerprint density at radius 1 is 1.07 bits per heavy atom. The summed E-state index contributed by atoms with van der Waals surface area (Å²) in [6.45, 7) is 1.23. The molecule has 8 heteroatoms. The molecule has 0 unspecified atom stereocenters. The number of rotatable bonds is 8. The zero-order valence-corrected chi connectivity index (χ0v) is 20.0. The maximum atomic E-state index is 12.2. The van der Waals surface area contributed by atoms with Gasteiger partial charge in [-0.1, -0.05) is 54.1 Å². The number of benzene rings is 2. The fourth-order valence-corrected chi connectivity index (χ4v) is 4.27. The molecule has 0 fully saturated rings. The van der Waals surface area contributed by atoms with Gasteiger partial charge in [-0.05, 0) is 29.7 Å². The molecule has 2 aromatic rings. The van der Waals surface area contributed by atoms with Crippen LogP contribution in [0.15, 0.2) is 59.6 Å². The van der Waals surface area contributed by atoms with Crippen LogP contribution in [0.5, 0.6) is 0 Å². The molecule has 2 rings (SSSR count). The highest BCUT2D eigenvalue weighted by Crippen LogP contribution is 2.11. The predicted octanol–water partition coefficient (Wildman–Crippen LogP) is 3.97. The lowest BCUT2D eigenvalue weighted by Gasteiger charge is -2.22. The third-order valence-electron chi connectivity index (χ3n) is 4.05. The van der Waals surface area contributed by atoms with Crippen molar-refractivity contribution in [3.8, 4) is 0 Å². The van der Waals surface area contributed by atoms with Crippen molar-refractivity contribution in [1.82, 2.24) is 10.2 Å². The molecule has 0 aliphatic heterocycles. The summed E-state index contributed by atoms with van der Waals surface area (Å²) in [6, 6.07) is 16.9. The van der Waals surface area contributed by atoms with Crippen LogP contribution in [0.4, 0.5) is 0 Å². The first-order valence-corrected chi connectivity index (χ1v) is 11.0. The second-order valence-electron chi connectivity index (χ2n) is 6.39. The SMILES string of the molecule is CN=C(NCCCS(=O)(=O)Cc1ccccc1)N(C)Cc1ccc(Cl)cc1.I. The van der Waals surface area contributed by atoms with E-state index in [1.54, 1.807) is 7.05 Å². The lowest BCUT2D eigenvalue weighted by Crippen LogP contribution is -2.39. The summed E-state index contributed by atoms with van der Waals surface area (Å²) < 4.78 is 24.5. The summed E-state index contributed by atoms with van der Waals surface area (Å²) in [5.74, 6) is 0.955. The van der Waals surface area contributed by atoms with Crippen molar-refractivity contribution in [1.29, 1.82) is 0 Å². The number of hydrogen-bond donors (Lipinski definition) is 1. The Kier molecular flexibility index (Phi) is 10.8. The van der Waals surface area contributed by atoms with E-state index in [1.165, 1.54) is 0 Å². The average molecular weight is 536 g/mol. The van der Waals surface area contributed by atoms with Crippen LogP contribution in [0.1, 0.15) is 17.5 Å². The quantitative estimate of drug-likeness (QED) is 0.241. The molecule has 5 nitrogen and oxygen atoms in total. The maximum absolute atomic E-state index is 12.2. The van der Waals surface area contributed by atoms with Gasteiger partial charge in [-0.25, -0.2) is 8.42 Å². The van der Waals surface area contributed by atoms with Crippen LogP contribution in [0, 0.1) is 0 Å². The van der Waals surface area contributed by atoms with Crippen molar-refractivity contribution in [3.05, 3.63) is 70.7 Å². The molecule has 0 heterocycles. The van der Waals surface area contributed by atoms with Crippen LogP contribution < -0.4 is 5.32 Å². The molecule has 0 aliphatic carbocycles. The van der Waals surface area contributed by atoms with E-state index in [-0.39, 0.29) is 35.5 Å². The van der Waals surface area contributed by atoms with Crippen LogP contribution in [-0.2, 0) is 22.1 Å². The lowest BCUT2D eigenvalue weighted by atomic mass is 10.2. The molecule has 28 heavy (non-hydrogen) atoms. The molecule has 0 radical (unpaired) electrons. The molecule has 0 bridgehead atoms. The monoisotopic (exact) mass is 535 g/mol. The van der Waals surface area contributed by atoms with E-state index in [9.17, 15) is 8.42 Å². The van der Waals surface area contributed by atoms with Crippen LogP contribution in [0.2, 0.25) is 5.02 Å². The van der Waals surface area contributed by atoms with E-state index in [4.69, 9.17) is 11.6 Å². The van der Waals surface area contributed by atoms with Gasteiger partial charge < -0.3 is 10.2 Å². The van der Waals surface area contributed by atoms with Gasteiger partial charge in [0, 0.05) is 32.2 Å². The first-order chi connectivity index (χ1) is 12.9. The Morgan fingerprint density at radius 3 is 2.32 bits per heavy atom. The van der Waals surface area contributed by atoms with Gasteiger partial charge in [-0.2, -0.15) is 0 Å². The summed E-state index contributed by atoms with van der Waals surface area (Å²) >= 11 is 5.91. The number of aliphatic imine (C=N–C) groups is 1. The molecular weight excluding hydrogens is 509 g/mol. The van der Waals surface area contributed by atoms with E-state index < -0.39 is 9.84 Å². The molecule has 0 aromatic heterocycles. The Balaban J connectivity index is 0.00000392. The number of nitrogens with zero attached hydrogens (tertiary/aromatic N) is 2. The van der Waals surface area contributed by atoms with Gasteiger partial charge >= 0.3 is 0 Å². The third kappa shape index (κ3) is 8.79. The van der Waals surface area contributed by atoms with Gasteiger partial charge in [0.05, 0.1) is 11.5 Å². The molecule has 0 amide bonds. The summed E-state index contributed by atoms with van der Waals surface area (Å²) in [6.07, 6.45) is 0.531. The number of nitrogens with one attached hydrogen (secondary N) is 1. The van der Waals surface area contributed by atoms with E-state index in [1.807, 2.05) is 66.5 Å². The van der Waals surface area contributed by atoms with Crippen molar-refractivity contribution in [2.45, 2.75) is 18.7 Å². The van der Waals surface area contributed by atoms with Crippen molar-refractivity contribution < 1.29 is 8.42 Å². The van der Waals surface area contributed by atoms with Gasteiger partial charge in [0.25, 0.3) is 0 Å². The molecule has 0 saturated carbocycles.